The zero-order chi connectivity index (χ0) is 40.1. The summed E-state index contributed by atoms with van der Waals surface area (Å²) < 4.78 is 6.61. The molecule has 0 amide bonds. The van der Waals surface area contributed by atoms with Crippen molar-refractivity contribution in [1.29, 1.82) is 0 Å². The molecule has 61 heavy (non-hydrogen) atoms. The van der Waals surface area contributed by atoms with E-state index in [0.717, 1.165) is 33.3 Å². The lowest BCUT2D eigenvalue weighted by Crippen LogP contribution is -2.26. The minimum Gasteiger partial charge on any atom is -0.456 e. The van der Waals surface area contributed by atoms with Crippen molar-refractivity contribution >= 4 is 39.0 Å². The molecule has 0 atom stereocenters. The lowest BCUT2D eigenvalue weighted by atomic mass is 9.69. The number of fused-ring (bicyclic) bond motifs is 13. The molecule has 0 aliphatic heterocycles. The number of benzene rings is 8. The molecule has 294 valence electrons. The molecule has 1 spiro atoms. The van der Waals surface area contributed by atoms with Crippen LogP contribution in [-0.2, 0) is 5.41 Å². The lowest BCUT2D eigenvalue weighted by molar-refractivity contribution is 0.669. The molecule has 2 heteroatoms. The Hall–Kier alpha value is -6.64. The number of para-hydroxylation sites is 2. The third-order valence-electron chi connectivity index (χ3n) is 15.0. The molecule has 8 aromatic carbocycles. The fourth-order valence-electron chi connectivity index (χ4n) is 12.3. The second-order valence-corrected chi connectivity index (χ2v) is 18.1. The zero-order valence-corrected chi connectivity index (χ0v) is 34.4. The van der Waals surface area contributed by atoms with Gasteiger partial charge in [0.2, 0.25) is 0 Å². The maximum Gasteiger partial charge on any atom is 0.137 e. The molecular weight excluding hydrogens is 739 g/mol. The van der Waals surface area contributed by atoms with Gasteiger partial charge >= 0.3 is 0 Å². The number of nitrogens with zero attached hydrogens (tertiary/aromatic N) is 1. The van der Waals surface area contributed by atoms with Crippen LogP contribution < -0.4 is 4.90 Å². The number of furan rings is 1. The second kappa shape index (κ2) is 13.7. The van der Waals surface area contributed by atoms with E-state index in [2.05, 4.69) is 181 Å². The van der Waals surface area contributed by atoms with E-state index in [1.54, 1.807) is 0 Å². The van der Waals surface area contributed by atoms with E-state index < -0.39 is 5.41 Å². The minimum absolute atomic E-state index is 0.441. The molecule has 1 heterocycles. The van der Waals surface area contributed by atoms with Gasteiger partial charge in [-0.2, -0.15) is 0 Å². The zero-order valence-electron chi connectivity index (χ0n) is 34.4. The highest BCUT2D eigenvalue weighted by atomic mass is 16.3. The summed E-state index contributed by atoms with van der Waals surface area (Å²) in [6.45, 7) is 0. The smallest absolute Gasteiger partial charge is 0.137 e. The van der Waals surface area contributed by atoms with Gasteiger partial charge in [-0.15, -0.1) is 0 Å². The van der Waals surface area contributed by atoms with Crippen LogP contribution in [0.2, 0.25) is 0 Å². The van der Waals surface area contributed by atoms with Gasteiger partial charge in [-0.05, 0) is 123 Å². The van der Waals surface area contributed by atoms with E-state index in [1.807, 2.05) is 0 Å². The molecular formula is C59H47NO. The van der Waals surface area contributed by atoms with Crippen molar-refractivity contribution in [3.05, 3.63) is 209 Å². The Labute approximate surface area is 358 Å². The Morgan fingerprint density at radius 2 is 1.00 bits per heavy atom. The first-order chi connectivity index (χ1) is 30.3. The van der Waals surface area contributed by atoms with E-state index in [9.17, 15) is 0 Å². The second-order valence-electron chi connectivity index (χ2n) is 18.1. The molecule has 2 fully saturated rings. The minimum atomic E-state index is -0.441. The lowest BCUT2D eigenvalue weighted by Gasteiger charge is -2.33. The van der Waals surface area contributed by atoms with Gasteiger partial charge in [-0.1, -0.05) is 165 Å². The van der Waals surface area contributed by atoms with Crippen LogP contribution in [0.1, 0.15) is 96.6 Å². The first kappa shape index (κ1) is 35.1. The predicted molar refractivity (Wildman–Crippen MR) is 253 cm³/mol. The van der Waals surface area contributed by atoms with Crippen LogP contribution in [0.4, 0.5) is 17.1 Å². The van der Waals surface area contributed by atoms with Crippen LogP contribution in [-0.4, -0.2) is 0 Å². The first-order valence-corrected chi connectivity index (χ1v) is 22.6. The summed E-state index contributed by atoms with van der Waals surface area (Å²) in [6, 6.07) is 66.7. The summed E-state index contributed by atoms with van der Waals surface area (Å²) >= 11 is 0. The SMILES string of the molecule is c1ccc(-c2ccccc2N(c2ccc3c(c2)oc2ccccc23)c2cccc3c2-c2ccccc2C32c3cc(C4CCCC4)ccc3-c3ccc(C4CCCC4)cc32)cc1. The van der Waals surface area contributed by atoms with E-state index in [-0.39, 0.29) is 0 Å². The first-order valence-electron chi connectivity index (χ1n) is 22.6. The largest absolute Gasteiger partial charge is 0.456 e. The third kappa shape index (κ3) is 5.15. The molecule has 0 unspecified atom stereocenters. The maximum atomic E-state index is 6.61. The van der Waals surface area contributed by atoms with Gasteiger partial charge < -0.3 is 9.32 Å². The normalized spacial score (nSPS) is 16.3. The standard InChI is InChI=1S/C59H47NO/c1-2-19-40(20-3-1)44-21-9-12-26-54(44)60(43-31-34-48-47-22-10-13-28-56(47)61-57(48)37-43)55-27-14-25-51-58(55)49-23-8-11-24-50(49)59(51)52-35-41(38-15-4-5-16-38)29-32-45(52)46-33-30-42(36-53(46)59)39-17-6-7-18-39/h1-3,8-14,19-39H,4-7,15-18H2. The van der Waals surface area contributed by atoms with Crippen LogP contribution in [0, 0.1) is 0 Å². The molecule has 0 radical (unpaired) electrons. The molecule has 2 nitrogen and oxygen atoms in total. The Morgan fingerprint density at radius 3 is 1.74 bits per heavy atom. The Kier molecular flexibility index (Phi) is 7.89. The average molecular weight is 786 g/mol. The van der Waals surface area contributed by atoms with Crippen LogP contribution in [0.5, 0.6) is 0 Å². The summed E-state index contributed by atoms with van der Waals surface area (Å²) in [5.74, 6) is 1.25. The van der Waals surface area contributed by atoms with Crippen molar-refractivity contribution in [2.24, 2.45) is 0 Å². The van der Waals surface area contributed by atoms with Crippen molar-refractivity contribution in [3.8, 4) is 33.4 Å². The molecule has 0 saturated heterocycles. The van der Waals surface area contributed by atoms with Gasteiger partial charge in [-0.3, -0.25) is 0 Å². The highest BCUT2D eigenvalue weighted by molar-refractivity contribution is 6.07. The molecule has 4 aliphatic carbocycles. The summed E-state index contributed by atoms with van der Waals surface area (Å²) in [4.78, 5) is 2.52. The number of hydrogen-bond donors (Lipinski definition) is 0. The molecule has 9 aromatic rings. The Bertz CT molecular complexity index is 3110. The van der Waals surface area contributed by atoms with Crippen molar-refractivity contribution in [2.45, 2.75) is 68.6 Å². The van der Waals surface area contributed by atoms with Gasteiger partial charge in [0, 0.05) is 33.7 Å². The maximum absolute atomic E-state index is 6.61. The molecule has 1 aromatic heterocycles. The van der Waals surface area contributed by atoms with Gasteiger partial charge in [0.1, 0.15) is 11.2 Å². The molecule has 2 saturated carbocycles. The summed E-state index contributed by atoms with van der Waals surface area (Å²) in [6.07, 6.45) is 10.4. The van der Waals surface area contributed by atoms with Crippen molar-refractivity contribution in [1.82, 2.24) is 0 Å². The highest BCUT2D eigenvalue weighted by Crippen LogP contribution is 2.65. The number of hydrogen-bond acceptors (Lipinski definition) is 2. The topological polar surface area (TPSA) is 16.4 Å². The number of anilines is 3. The predicted octanol–water partition coefficient (Wildman–Crippen LogP) is 16.4. The van der Waals surface area contributed by atoms with Gasteiger partial charge in [0.25, 0.3) is 0 Å². The van der Waals surface area contributed by atoms with Crippen molar-refractivity contribution < 1.29 is 4.42 Å². The van der Waals surface area contributed by atoms with Crippen LogP contribution in [0.25, 0.3) is 55.3 Å². The molecule has 0 bridgehead atoms. The molecule has 0 N–H and O–H groups in total. The van der Waals surface area contributed by atoms with Crippen LogP contribution in [0.3, 0.4) is 0 Å². The van der Waals surface area contributed by atoms with E-state index in [0.29, 0.717) is 11.8 Å². The van der Waals surface area contributed by atoms with E-state index >= 15 is 0 Å². The average Bonchev–Trinajstić information content (AvgIpc) is 4.18. The van der Waals surface area contributed by atoms with Crippen molar-refractivity contribution in [3.63, 3.8) is 0 Å². The number of rotatable bonds is 6. The fourth-order valence-corrected chi connectivity index (χ4v) is 12.3. The third-order valence-corrected chi connectivity index (χ3v) is 15.0. The Balaban J connectivity index is 1.11. The summed E-state index contributed by atoms with van der Waals surface area (Å²) in [5, 5.41) is 2.28. The van der Waals surface area contributed by atoms with Crippen molar-refractivity contribution in [2.75, 3.05) is 4.90 Å². The molecule has 4 aliphatic rings. The summed E-state index contributed by atoms with van der Waals surface area (Å²) in [5.41, 5.74) is 21.2. The van der Waals surface area contributed by atoms with E-state index in [1.165, 1.54) is 124 Å². The molecule has 13 rings (SSSR count). The van der Waals surface area contributed by atoms with Crippen LogP contribution >= 0.6 is 0 Å². The summed E-state index contributed by atoms with van der Waals surface area (Å²) in [7, 11) is 0. The Morgan fingerprint density at radius 1 is 0.410 bits per heavy atom. The van der Waals surface area contributed by atoms with E-state index in [4.69, 9.17) is 4.42 Å². The van der Waals surface area contributed by atoms with Gasteiger partial charge in [-0.25, -0.2) is 0 Å². The highest BCUT2D eigenvalue weighted by Gasteiger charge is 2.53. The monoisotopic (exact) mass is 785 g/mol. The van der Waals surface area contributed by atoms with Gasteiger partial charge in [0.15, 0.2) is 0 Å². The fraction of sp³-hybridized carbons (Fsp3) is 0.186. The quantitative estimate of drug-likeness (QED) is 0.167. The van der Waals surface area contributed by atoms with Crippen LogP contribution in [0.15, 0.2) is 180 Å². The van der Waals surface area contributed by atoms with Gasteiger partial charge in [0.05, 0.1) is 16.8 Å².